The average Bonchev–Trinajstić information content (AvgIpc) is 3.41. The molecule has 4 aliphatic heterocycles. The van der Waals surface area contributed by atoms with E-state index in [4.69, 9.17) is 11.6 Å². The molecular formula is C22H19ClN4O3. The van der Waals surface area contributed by atoms with Gasteiger partial charge in [0, 0.05) is 28.2 Å². The van der Waals surface area contributed by atoms with E-state index in [-0.39, 0.29) is 11.9 Å². The van der Waals surface area contributed by atoms with Crippen LogP contribution in [0.2, 0.25) is 5.02 Å². The highest BCUT2D eigenvalue weighted by atomic mass is 35.5. The van der Waals surface area contributed by atoms with Crippen molar-refractivity contribution in [3.63, 3.8) is 0 Å². The number of carbonyl (C=O) groups is 3. The highest BCUT2D eigenvalue weighted by molar-refractivity contribution is 6.30. The summed E-state index contributed by atoms with van der Waals surface area (Å²) in [6, 6.07) is 14.1. The summed E-state index contributed by atoms with van der Waals surface area (Å²) in [5.41, 5.74) is -0.562. The number of urea groups is 1. The Kier molecular flexibility index (Phi) is 3.48. The van der Waals surface area contributed by atoms with Crippen LogP contribution in [0.3, 0.4) is 0 Å². The van der Waals surface area contributed by atoms with E-state index in [1.807, 2.05) is 42.5 Å². The van der Waals surface area contributed by atoms with E-state index in [0.29, 0.717) is 17.3 Å². The molecule has 0 aromatic heterocycles. The van der Waals surface area contributed by atoms with Gasteiger partial charge in [-0.15, -0.1) is 0 Å². The molecule has 4 heterocycles. The highest BCUT2D eigenvalue weighted by Crippen LogP contribution is 2.63. The van der Waals surface area contributed by atoms with E-state index in [9.17, 15) is 14.4 Å². The molecule has 3 fully saturated rings. The van der Waals surface area contributed by atoms with Crippen LogP contribution in [0.15, 0.2) is 48.5 Å². The molecule has 2 aromatic carbocycles. The third kappa shape index (κ3) is 1.88. The molecule has 0 saturated carbocycles. The lowest BCUT2D eigenvalue weighted by atomic mass is 9.65. The molecule has 7 nitrogen and oxygen atoms in total. The zero-order valence-electron chi connectivity index (χ0n) is 15.9. The summed E-state index contributed by atoms with van der Waals surface area (Å²) < 4.78 is 0. The van der Waals surface area contributed by atoms with Gasteiger partial charge in [-0.3, -0.25) is 19.8 Å². The van der Waals surface area contributed by atoms with Gasteiger partial charge in [0.1, 0.15) is 0 Å². The maximum atomic E-state index is 13.7. The van der Waals surface area contributed by atoms with Crippen LogP contribution in [0.1, 0.15) is 29.9 Å². The molecule has 2 spiro atoms. The Bertz CT molecular complexity index is 1140. The van der Waals surface area contributed by atoms with Gasteiger partial charge in [0.2, 0.25) is 0 Å². The molecule has 0 radical (unpaired) electrons. The molecular weight excluding hydrogens is 404 g/mol. The second-order valence-corrected chi connectivity index (χ2v) is 8.80. The van der Waals surface area contributed by atoms with Crippen LogP contribution >= 0.6 is 11.6 Å². The minimum atomic E-state index is -1.48. The Morgan fingerprint density at radius 1 is 1.00 bits per heavy atom. The molecule has 3 saturated heterocycles. The summed E-state index contributed by atoms with van der Waals surface area (Å²) >= 11 is 6.31. The number of nitrogens with one attached hydrogen (secondary N) is 3. The molecule has 0 aliphatic carbocycles. The molecule has 0 bridgehead atoms. The van der Waals surface area contributed by atoms with E-state index >= 15 is 0 Å². The molecule has 2 aromatic rings. The first kappa shape index (κ1) is 17.9. The molecule has 4 aliphatic rings. The first-order valence-corrected chi connectivity index (χ1v) is 10.4. The second-order valence-electron chi connectivity index (χ2n) is 8.36. The van der Waals surface area contributed by atoms with Crippen molar-refractivity contribution in [3.8, 4) is 0 Å². The Balaban J connectivity index is 1.70. The number of imide groups is 1. The average molecular weight is 423 g/mol. The number of halogens is 1. The fraction of sp³-hybridized carbons (Fsp3) is 0.318. The zero-order chi connectivity index (χ0) is 20.7. The number of amides is 4. The Morgan fingerprint density at radius 2 is 1.83 bits per heavy atom. The van der Waals surface area contributed by atoms with E-state index in [0.717, 1.165) is 24.0 Å². The third-order valence-electron chi connectivity index (χ3n) is 7.15. The van der Waals surface area contributed by atoms with Crippen molar-refractivity contribution in [1.29, 1.82) is 0 Å². The van der Waals surface area contributed by atoms with Crippen molar-refractivity contribution in [2.75, 3.05) is 11.9 Å². The Morgan fingerprint density at radius 3 is 2.60 bits per heavy atom. The lowest BCUT2D eigenvalue weighted by Gasteiger charge is -2.42. The van der Waals surface area contributed by atoms with Crippen molar-refractivity contribution in [3.05, 3.63) is 64.7 Å². The molecule has 30 heavy (non-hydrogen) atoms. The lowest BCUT2D eigenvalue weighted by Crippen LogP contribution is -2.68. The summed E-state index contributed by atoms with van der Waals surface area (Å²) in [4.78, 5) is 42.0. The summed E-state index contributed by atoms with van der Waals surface area (Å²) in [5.74, 6) is -1.18. The maximum absolute atomic E-state index is 13.7. The van der Waals surface area contributed by atoms with E-state index < -0.39 is 28.9 Å². The molecule has 4 amide bonds. The smallest absolute Gasteiger partial charge is 0.322 e. The van der Waals surface area contributed by atoms with Gasteiger partial charge in [-0.1, -0.05) is 41.9 Å². The predicted molar refractivity (Wildman–Crippen MR) is 110 cm³/mol. The minimum absolute atomic E-state index is 0.0930. The molecule has 8 heteroatoms. The van der Waals surface area contributed by atoms with Gasteiger partial charge < -0.3 is 10.6 Å². The van der Waals surface area contributed by atoms with Crippen molar-refractivity contribution in [2.45, 2.75) is 35.9 Å². The van der Waals surface area contributed by atoms with Gasteiger partial charge in [0.05, 0.1) is 0 Å². The van der Waals surface area contributed by atoms with Gasteiger partial charge in [-0.2, -0.15) is 0 Å². The van der Waals surface area contributed by atoms with Crippen LogP contribution in [0.5, 0.6) is 0 Å². The Hall–Kier alpha value is -2.90. The monoisotopic (exact) mass is 422 g/mol. The molecule has 3 N–H and O–H groups in total. The van der Waals surface area contributed by atoms with Crippen LogP contribution in [0.4, 0.5) is 10.5 Å². The van der Waals surface area contributed by atoms with Crippen LogP contribution in [0, 0.1) is 0 Å². The molecule has 1 unspecified atom stereocenters. The summed E-state index contributed by atoms with van der Waals surface area (Å²) in [5, 5.41) is 8.89. The SMILES string of the molecule is O=C1NC(=O)[C@@]2(N1)C(c1cccc(Cl)c1)[C@H]1CCCN1[C@]21C(=O)Nc2ccccc21. The largest absolute Gasteiger partial charge is 0.324 e. The van der Waals surface area contributed by atoms with Gasteiger partial charge in [0.15, 0.2) is 11.1 Å². The number of nitrogens with zero attached hydrogens (tertiary/aromatic N) is 1. The van der Waals surface area contributed by atoms with E-state index in [1.165, 1.54) is 0 Å². The van der Waals surface area contributed by atoms with Gasteiger partial charge in [-0.05, 0) is 43.1 Å². The predicted octanol–water partition coefficient (Wildman–Crippen LogP) is 2.33. The van der Waals surface area contributed by atoms with Crippen LogP contribution in [-0.2, 0) is 15.1 Å². The van der Waals surface area contributed by atoms with Crippen LogP contribution in [0.25, 0.3) is 0 Å². The maximum Gasteiger partial charge on any atom is 0.322 e. The van der Waals surface area contributed by atoms with Crippen molar-refractivity contribution >= 4 is 35.1 Å². The lowest BCUT2D eigenvalue weighted by molar-refractivity contribution is -0.138. The first-order chi connectivity index (χ1) is 14.5. The van der Waals surface area contributed by atoms with Gasteiger partial charge in [-0.25, -0.2) is 4.79 Å². The number of benzene rings is 2. The Labute approximate surface area is 177 Å². The number of para-hydroxylation sites is 1. The second kappa shape index (κ2) is 5.83. The van der Waals surface area contributed by atoms with E-state index in [2.05, 4.69) is 20.9 Å². The standard InChI is InChI=1S/C22H19ClN4O3/c23-13-6-3-5-12(11-13)17-16-9-4-10-27(16)22(21(17)18(28)25-20(30)26-21)14-7-1-2-8-15(14)24-19(22)29/h1-3,5-8,11,16-17H,4,9-10H2,(H,24,29)(H2,25,26,28,30)/t16-,17?,21+,22-/m1/s1. The number of hydrogen-bond acceptors (Lipinski definition) is 4. The highest BCUT2D eigenvalue weighted by Gasteiger charge is 2.80. The van der Waals surface area contributed by atoms with Gasteiger partial charge in [0.25, 0.3) is 11.8 Å². The topological polar surface area (TPSA) is 90.5 Å². The number of rotatable bonds is 1. The zero-order valence-corrected chi connectivity index (χ0v) is 16.7. The minimum Gasteiger partial charge on any atom is -0.324 e. The van der Waals surface area contributed by atoms with Crippen LogP contribution < -0.4 is 16.0 Å². The summed E-state index contributed by atoms with van der Waals surface area (Å²) in [6.07, 6.45) is 1.73. The molecule has 6 rings (SSSR count). The molecule has 152 valence electrons. The van der Waals surface area contributed by atoms with Gasteiger partial charge >= 0.3 is 6.03 Å². The first-order valence-electron chi connectivity index (χ1n) is 10.1. The van der Waals surface area contributed by atoms with Crippen molar-refractivity contribution in [2.24, 2.45) is 0 Å². The van der Waals surface area contributed by atoms with E-state index in [1.54, 1.807) is 6.07 Å². The number of hydrogen-bond donors (Lipinski definition) is 3. The summed E-state index contributed by atoms with van der Waals surface area (Å²) in [6.45, 7) is 0.661. The number of carbonyl (C=O) groups excluding carboxylic acids is 3. The van der Waals surface area contributed by atoms with Crippen molar-refractivity contribution < 1.29 is 14.4 Å². The van der Waals surface area contributed by atoms with Crippen molar-refractivity contribution in [1.82, 2.24) is 15.5 Å². The normalized spacial score (nSPS) is 34.2. The van der Waals surface area contributed by atoms with Crippen LogP contribution in [-0.4, -0.2) is 40.9 Å². The fourth-order valence-electron chi connectivity index (χ4n) is 6.33. The summed E-state index contributed by atoms with van der Waals surface area (Å²) in [7, 11) is 0. The quantitative estimate of drug-likeness (QED) is 0.615. The number of anilines is 1. The fourth-order valence-corrected chi connectivity index (χ4v) is 6.53. The molecule has 4 atom stereocenters. The third-order valence-corrected chi connectivity index (χ3v) is 7.38. The number of fused-ring (bicyclic) bond motifs is 5.